The van der Waals surface area contributed by atoms with Crippen LogP contribution < -0.4 is 15.5 Å². The lowest BCUT2D eigenvalue weighted by Gasteiger charge is -2.33. The van der Waals surface area contributed by atoms with Crippen LogP contribution in [0.15, 0.2) is 49.5 Å². The average molecular weight is 571 g/mol. The highest BCUT2D eigenvalue weighted by atomic mass is 16.5. The molecule has 220 valence electrons. The number of morpholine rings is 1. The van der Waals surface area contributed by atoms with Crippen molar-refractivity contribution >= 4 is 34.2 Å². The number of nitrogens with zero attached hydrogens (tertiary/aromatic N) is 5. The minimum Gasteiger partial charge on any atom is -0.378 e. The molecule has 11 nitrogen and oxygen atoms in total. The molecule has 6 rings (SSSR count). The quantitative estimate of drug-likeness (QED) is 0.353. The third-order valence-corrected chi connectivity index (χ3v) is 8.31. The lowest BCUT2D eigenvalue weighted by molar-refractivity contribution is -0.117. The Kier molecular flexibility index (Phi) is 8.57. The first-order valence-electron chi connectivity index (χ1n) is 14.8. The molecular weight excluding hydrogens is 532 g/mol. The van der Waals surface area contributed by atoms with E-state index in [1.165, 1.54) is 11.6 Å². The maximum Gasteiger partial charge on any atom is 0.270 e. The largest absolute Gasteiger partial charge is 0.378 e. The lowest BCUT2D eigenvalue weighted by Crippen LogP contribution is -2.46. The second kappa shape index (κ2) is 12.8. The highest BCUT2D eigenvalue weighted by molar-refractivity contribution is 5.93. The number of H-pyrrole nitrogens is 1. The van der Waals surface area contributed by atoms with Gasteiger partial charge in [0.25, 0.3) is 5.91 Å². The Balaban J connectivity index is 1.05. The van der Waals surface area contributed by atoms with Crippen molar-refractivity contribution in [3.63, 3.8) is 0 Å². The van der Waals surface area contributed by atoms with Crippen LogP contribution in [0.3, 0.4) is 0 Å². The monoisotopic (exact) mass is 570 g/mol. The van der Waals surface area contributed by atoms with Crippen LogP contribution >= 0.6 is 0 Å². The second-order valence-corrected chi connectivity index (χ2v) is 11.3. The first kappa shape index (κ1) is 28.0. The fraction of sp³-hybridized carbons (Fsp3) is 0.452. The summed E-state index contributed by atoms with van der Waals surface area (Å²) in [4.78, 5) is 46.2. The number of allylic oxidation sites excluding steroid dienone is 1. The average Bonchev–Trinajstić information content (AvgIpc) is 3.47. The van der Waals surface area contributed by atoms with Crippen molar-refractivity contribution < 1.29 is 14.3 Å². The highest BCUT2D eigenvalue weighted by Crippen LogP contribution is 2.31. The van der Waals surface area contributed by atoms with Crippen molar-refractivity contribution in [2.75, 3.05) is 44.3 Å². The summed E-state index contributed by atoms with van der Waals surface area (Å²) in [5, 5.41) is 7.21. The summed E-state index contributed by atoms with van der Waals surface area (Å²) in [6.45, 7) is 9.04. The Morgan fingerprint density at radius 3 is 2.79 bits per heavy atom. The molecule has 0 aromatic carbocycles. The summed E-state index contributed by atoms with van der Waals surface area (Å²) in [6, 6.07) is 6.15. The Bertz CT molecular complexity index is 1480. The van der Waals surface area contributed by atoms with Gasteiger partial charge in [-0.25, -0.2) is 9.97 Å². The number of hydrogen-bond acceptors (Lipinski definition) is 8. The normalized spacial score (nSPS) is 21.5. The number of carbonyl (C=O) groups excluding carboxylic acids is 2. The zero-order valence-corrected chi connectivity index (χ0v) is 23.8. The fourth-order valence-corrected chi connectivity index (χ4v) is 6.13. The lowest BCUT2D eigenvalue weighted by atomic mass is 9.93. The zero-order valence-electron chi connectivity index (χ0n) is 23.8. The van der Waals surface area contributed by atoms with Gasteiger partial charge in [-0.05, 0) is 74.1 Å². The number of amides is 2. The summed E-state index contributed by atoms with van der Waals surface area (Å²) < 4.78 is 5.50. The van der Waals surface area contributed by atoms with Crippen LogP contribution in [0.1, 0.15) is 53.8 Å². The van der Waals surface area contributed by atoms with Gasteiger partial charge in [-0.2, -0.15) is 0 Å². The second-order valence-electron chi connectivity index (χ2n) is 11.3. The van der Waals surface area contributed by atoms with Crippen LogP contribution in [0.5, 0.6) is 0 Å². The van der Waals surface area contributed by atoms with E-state index in [1.807, 2.05) is 12.1 Å². The maximum atomic E-state index is 13.1. The van der Waals surface area contributed by atoms with Gasteiger partial charge in [-0.3, -0.25) is 19.5 Å². The molecule has 2 amide bonds. The van der Waals surface area contributed by atoms with Crippen LogP contribution in [-0.4, -0.2) is 88.1 Å². The number of piperidine rings is 1. The SMILES string of the molecule is C=CC(=O)N[C@@H]1CCCN(Cc2ccnc(C(=O)NC3CC=C(c4cc5c(N6CCOCC6)ncnc5[nH]4)CC3)c2)C1. The van der Waals surface area contributed by atoms with Gasteiger partial charge in [0.1, 0.15) is 23.5 Å². The van der Waals surface area contributed by atoms with Crippen LogP contribution in [-0.2, 0) is 16.1 Å². The van der Waals surface area contributed by atoms with E-state index < -0.39 is 0 Å². The number of hydrogen-bond donors (Lipinski definition) is 3. The summed E-state index contributed by atoms with van der Waals surface area (Å²) in [7, 11) is 0. The number of fused-ring (bicyclic) bond motifs is 1. The molecule has 3 aromatic heterocycles. The molecule has 5 heterocycles. The summed E-state index contributed by atoms with van der Waals surface area (Å²) in [6.07, 6.45) is 11.3. The van der Waals surface area contributed by atoms with Gasteiger partial charge < -0.3 is 25.3 Å². The van der Waals surface area contributed by atoms with Gasteiger partial charge >= 0.3 is 0 Å². The van der Waals surface area contributed by atoms with Gasteiger partial charge in [0, 0.05) is 50.2 Å². The number of aromatic nitrogens is 4. The molecule has 2 aliphatic heterocycles. The number of nitrogens with one attached hydrogen (secondary N) is 3. The van der Waals surface area contributed by atoms with Gasteiger partial charge in [0.15, 0.2) is 0 Å². The van der Waals surface area contributed by atoms with E-state index >= 15 is 0 Å². The number of rotatable bonds is 8. The first-order valence-corrected chi connectivity index (χ1v) is 14.8. The van der Waals surface area contributed by atoms with E-state index in [1.54, 1.807) is 12.5 Å². The fourth-order valence-electron chi connectivity index (χ4n) is 6.13. The number of ether oxygens (including phenoxy) is 1. The van der Waals surface area contributed by atoms with Crippen LogP contribution in [0.25, 0.3) is 16.6 Å². The molecule has 2 saturated heterocycles. The molecule has 0 spiro atoms. The molecule has 3 aliphatic rings. The number of carbonyl (C=O) groups is 2. The molecule has 2 fully saturated rings. The maximum absolute atomic E-state index is 13.1. The Labute approximate surface area is 245 Å². The molecule has 3 aromatic rings. The van der Waals surface area contributed by atoms with E-state index in [0.29, 0.717) is 25.5 Å². The molecule has 2 atom stereocenters. The zero-order chi connectivity index (χ0) is 28.9. The Morgan fingerprint density at radius 2 is 1.98 bits per heavy atom. The number of anilines is 1. The van der Waals surface area contributed by atoms with Crippen LogP contribution in [0.4, 0.5) is 5.82 Å². The number of likely N-dealkylation sites (tertiary alicyclic amines) is 1. The highest BCUT2D eigenvalue weighted by Gasteiger charge is 2.23. The van der Waals surface area contributed by atoms with E-state index in [4.69, 9.17) is 4.74 Å². The van der Waals surface area contributed by atoms with Crippen molar-refractivity contribution in [1.82, 2.24) is 35.5 Å². The molecule has 3 N–H and O–H groups in total. The minimum atomic E-state index is -0.149. The Morgan fingerprint density at radius 1 is 1.10 bits per heavy atom. The molecule has 0 radical (unpaired) electrons. The molecule has 0 saturated carbocycles. The van der Waals surface area contributed by atoms with Crippen LogP contribution in [0, 0.1) is 0 Å². The van der Waals surface area contributed by atoms with Crippen LogP contribution in [0.2, 0.25) is 0 Å². The van der Waals surface area contributed by atoms with Crippen molar-refractivity contribution in [3.8, 4) is 0 Å². The van der Waals surface area contributed by atoms with Crippen molar-refractivity contribution in [2.24, 2.45) is 0 Å². The molecular formula is C31H38N8O3. The van der Waals surface area contributed by atoms with Crippen molar-refractivity contribution in [3.05, 3.63) is 66.4 Å². The third-order valence-electron chi connectivity index (χ3n) is 8.31. The summed E-state index contributed by atoms with van der Waals surface area (Å²) in [5.41, 5.74) is 4.60. The smallest absolute Gasteiger partial charge is 0.270 e. The molecule has 1 unspecified atom stereocenters. The molecule has 1 aliphatic carbocycles. The molecule has 0 bridgehead atoms. The molecule has 11 heteroatoms. The predicted molar refractivity (Wildman–Crippen MR) is 161 cm³/mol. The topological polar surface area (TPSA) is 128 Å². The first-order chi connectivity index (χ1) is 20.6. The number of pyridine rings is 1. The Hall–Kier alpha value is -4.09. The van der Waals surface area contributed by atoms with Gasteiger partial charge in [0.2, 0.25) is 5.91 Å². The number of aromatic amines is 1. The van der Waals surface area contributed by atoms with Gasteiger partial charge in [0.05, 0.1) is 18.6 Å². The summed E-state index contributed by atoms with van der Waals surface area (Å²) >= 11 is 0. The van der Waals surface area contributed by atoms with Crippen molar-refractivity contribution in [1.29, 1.82) is 0 Å². The standard InChI is InChI=1S/C31H38N8O3/c1-2-28(40)35-24-4-3-11-38(19-24)18-21-9-10-32-27(16-21)31(41)36-23-7-5-22(6-8-23)26-17-25-29(37-26)33-20-34-30(25)39-12-14-42-15-13-39/h2,5,9-10,16-17,20,23-24H,1,3-4,6-8,11-15,18-19H2,(H,35,40)(H,36,41)(H,33,34,37)/t23?,24-/m1/s1. The van der Waals surface area contributed by atoms with E-state index in [0.717, 1.165) is 86.4 Å². The summed E-state index contributed by atoms with van der Waals surface area (Å²) in [5.74, 6) is 0.661. The van der Waals surface area contributed by atoms with E-state index in [-0.39, 0.29) is 23.9 Å². The third kappa shape index (κ3) is 6.52. The van der Waals surface area contributed by atoms with Crippen molar-refractivity contribution in [2.45, 2.75) is 50.7 Å². The van der Waals surface area contributed by atoms with E-state index in [2.05, 4.69) is 59.1 Å². The van der Waals surface area contributed by atoms with Gasteiger partial charge in [-0.1, -0.05) is 12.7 Å². The minimum absolute atomic E-state index is 0.0520. The van der Waals surface area contributed by atoms with Gasteiger partial charge in [-0.15, -0.1) is 0 Å². The van der Waals surface area contributed by atoms with E-state index in [9.17, 15) is 9.59 Å². The molecule has 42 heavy (non-hydrogen) atoms. The predicted octanol–water partition coefficient (Wildman–Crippen LogP) is 2.82.